The Hall–Kier alpha value is -2.34. The zero-order valence-electron chi connectivity index (χ0n) is 20.4. The van der Waals surface area contributed by atoms with E-state index in [-0.39, 0.29) is 17.9 Å². The summed E-state index contributed by atoms with van der Waals surface area (Å²) in [6, 6.07) is 5.86. The highest BCUT2D eigenvalue weighted by atomic mass is 35.5. The molecule has 2 aromatic rings. The fourth-order valence-electron chi connectivity index (χ4n) is 5.47. The maximum absolute atomic E-state index is 12.9. The van der Waals surface area contributed by atoms with Gasteiger partial charge in [0.1, 0.15) is 5.82 Å². The molecule has 4 rings (SSSR count). The van der Waals surface area contributed by atoms with Gasteiger partial charge in [0.25, 0.3) is 5.91 Å². The summed E-state index contributed by atoms with van der Waals surface area (Å²) in [6.07, 6.45) is 8.98. The van der Waals surface area contributed by atoms with Crippen molar-refractivity contribution in [1.29, 1.82) is 0 Å². The second-order valence-electron chi connectivity index (χ2n) is 11.1. The van der Waals surface area contributed by atoms with Crippen molar-refractivity contribution in [3.8, 4) is 0 Å². The zero-order chi connectivity index (χ0) is 24.5. The van der Waals surface area contributed by atoms with Crippen LogP contribution in [-0.4, -0.2) is 34.1 Å². The number of aliphatic carboxylic acids is 1. The molecule has 0 bridgehead atoms. The molecule has 3 N–H and O–H groups in total. The zero-order valence-corrected chi connectivity index (χ0v) is 21.1. The average molecular weight is 486 g/mol. The number of anilines is 1. The van der Waals surface area contributed by atoms with Crippen molar-refractivity contribution < 1.29 is 14.7 Å². The predicted octanol–water partition coefficient (Wildman–Crippen LogP) is 6.28. The second kappa shape index (κ2) is 10.1. The molecule has 2 saturated carbocycles. The Kier molecular flexibility index (Phi) is 7.36. The van der Waals surface area contributed by atoms with Gasteiger partial charge in [0.15, 0.2) is 0 Å². The van der Waals surface area contributed by atoms with Crippen molar-refractivity contribution in [2.24, 2.45) is 17.3 Å². The molecule has 2 aliphatic carbocycles. The number of pyridine rings is 1. The first-order chi connectivity index (χ1) is 16.1. The van der Waals surface area contributed by atoms with E-state index in [1.165, 1.54) is 12.8 Å². The summed E-state index contributed by atoms with van der Waals surface area (Å²) in [6.45, 7) is 6.96. The van der Waals surface area contributed by atoms with E-state index in [1.54, 1.807) is 12.3 Å². The Morgan fingerprint density at radius 2 is 1.65 bits per heavy atom. The number of nitrogens with zero attached hydrogens (tertiary/aromatic N) is 1. The van der Waals surface area contributed by atoms with Crippen molar-refractivity contribution in [1.82, 2.24) is 10.3 Å². The van der Waals surface area contributed by atoms with Crippen LogP contribution in [0.15, 0.2) is 24.4 Å². The number of carbonyl (C=O) groups excluding carboxylic acids is 1. The molecule has 0 aliphatic heterocycles. The molecular weight excluding hydrogens is 450 g/mol. The smallest absolute Gasteiger partial charge is 0.306 e. The molecule has 2 fully saturated rings. The largest absolute Gasteiger partial charge is 0.481 e. The summed E-state index contributed by atoms with van der Waals surface area (Å²) >= 11 is 6.76. The van der Waals surface area contributed by atoms with Gasteiger partial charge in [-0.05, 0) is 74.8 Å². The number of nitrogens with one attached hydrogen (secondary N) is 2. The maximum Gasteiger partial charge on any atom is 0.306 e. The number of hydrogen-bond donors (Lipinski definition) is 3. The maximum atomic E-state index is 12.9. The minimum atomic E-state index is -0.741. The Bertz CT molecular complexity index is 1050. The van der Waals surface area contributed by atoms with Crippen LogP contribution in [0.5, 0.6) is 0 Å². The third kappa shape index (κ3) is 5.65. The Labute approximate surface area is 206 Å². The fraction of sp³-hybridized carbons (Fsp3) is 0.593. The molecule has 2 aliphatic rings. The van der Waals surface area contributed by atoms with E-state index >= 15 is 0 Å². The van der Waals surface area contributed by atoms with Gasteiger partial charge in [0.2, 0.25) is 0 Å². The summed E-state index contributed by atoms with van der Waals surface area (Å²) < 4.78 is 0. The van der Waals surface area contributed by atoms with Gasteiger partial charge in [-0.1, -0.05) is 38.4 Å². The van der Waals surface area contributed by atoms with Crippen molar-refractivity contribution in [3.05, 3.63) is 35.0 Å². The molecule has 34 heavy (non-hydrogen) atoms. The van der Waals surface area contributed by atoms with Crippen LogP contribution in [-0.2, 0) is 4.79 Å². The summed E-state index contributed by atoms with van der Waals surface area (Å²) in [4.78, 5) is 28.6. The first kappa shape index (κ1) is 24.8. The SMILES string of the molecule is CC(C)(C)C1CCC(Nc2ncc3ccc(C(=O)NC4CCC(C(=O)O)CC4)cc3c2Cl)CC1. The summed E-state index contributed by atoms with van der Waals surface area (Å²) in [5.41, 5.74) is 0.897. The molecule has 0 radical (unpaired) electrons. The van der Waals surface area contributed by atoms with Crippen LogP contribution in [0.4, 0.5) is 5.82 Å². The number of carboxylic acid groups (broad SMARTS) is 1. The molecule has 6 nitrogen and oxygen atoms in total. The third-order valence-corrected chi connectivity index (χ3v) is 8.18. The molecule has 1 amide bonds. The summed E-state index contributed by atoms with van der Waals surface area (Å²) in [5.74, 6) is 0.233. The topological polar surface area (TPSA) is 91.3 Å². The normalized spacial score (nSPS) is 25.6. The molecule has 7 heteroatoms. The number of rotatable bonds is 5. The summed E-state index contributed by atoms with van der Waals surface area (Å²) in [5, 5.41) is 18.0. The number of hydrogen-bond acceptors (Lipinski definition) is 4. The number of carboxylic acids is 1. The molecule has 1 heterocycles. The molecule has 1 aromatic carbocycles. The van der Waals surface area contributed by atoms with Crippen LogP contribution in [0, 0.1) is 17.3 Å². The first-order valence-electron chi connectivity index (χ1n) is 12.5. The molecule has 0 unspecified atom stereocenters. The average Bonchev–Trinajstić information content (AvgIpc) is 2.81. The van der Waals surface area contributed by atoms with Gasteiger partial charge in [-0.2, -0.15) is 0 Å². The standard InChI is InChI=1S/C27H36ClN3O3/c1-27(2,3)19-8-12-20(13-9-19)30-24-23(28)22-14-17(4-5-18(22)15-29-24)25(32)31-21-10-6-16(7-11-21)26(33)34/h4-5,14-16,19-21H,6-13H2,1-3H3,(H,29,30)(H,31,32)(H,33,34). The van der Waals surface area contributed by atoms with Gasteiger partial charge in [0.05, 0.1) is 10.9 Å². The molecule has 1 aromatic heterocycles. The highest BCUT2D eigenvalue weighted by Gasteiger charge is 2.30. The van der Waals surface area contributed by atoms with Gasteiger partial charge in [-0.25, -0.2) is 4.98 Å². The van der Waals surface area contributed by atoms with Crippen LogP contribution in [0.1, 0.15) is 82.5 Å². The van der Waals surface area contributed by atoms with E-state index in [4.69, 9.17) is 11.6 Å². The van der Waals surface area contributed by atoms with Crippen LogP contribution in [0.3, 0.4) is 0 Å². The third-order valence-electron chi connectivity index (χ3n) is 7.80. The van der Waals surface area contributed by atoms with E-state index in [2.05, 4.69) is 36.4 Å². The number of aromatic nitrogens is 1. The number of amides is 1. The first-order valence-corrected chi connectivity index (χ1v) is 12.9. The van der Waals surface area contributed by atoms with Gasteiger partial charge in [-0.15, -0.1) is 0 Å². The lowest BCUT2D eigenvalue weighted by Crippen LogP contribution is -2.38. The molecular formula is C27H36ClN3O3. The van der Waals surface area contributed by atoms with E-state index in [1.807, 2.05) is 12.1 Å². The lowest BCUT2D eigenvalue weighted by atomic mass is 9.71. The minimum Gasteiger partial charge on any atom is -0.481 e. The van der Waals surface area contributed by atoms with Gasteiger partial charge >= 0.3 is 5.97 Å². The van der Waals surface area contributed by atoms with Crippen LogP contribution >= 0.6 is 11.6 Å². The summed E-state index contributed by atoms with van der Waals surface area (Å²) in [7, 11) is 0. The van der Waals surface area contributed by atoms with Crippen LogP contribution in [0.25, 0.3) is 10.8 Å². The number of fused-ring (bicyclic) bond motifs is 1. The van der Waals surface area contributed by atoms with Crippen molar-refractivity contribution >= 4 is 40.1 Å². The molecule has 184 valence electrons. The van der Waals surface area contributed by atoms with E-state index in [0.29, 0.717) is 53.5 Å². The van der Waals surface area contributed by atoms with E-state index in [0.717, 1.165) is 29.5 Å². The van der Waals surface area contributed by atoms with E-state index in [9.17, 15) is 14.7 Å². The van der Waals surface area contributed by atoms with Gasteiger partial charge in [0, 0.05) is 34.6 Å². The van der Waals surface area contributed by atoms with Crippen molar-refractivity contribution in [3.63, 3.8) is 0 Å². The number of halogens is 1. The number of benzene rings is 1. The lowest BCUT2D eigenvalue weighted by molar-refractivity contribution is -0.142. The quantitative estimate of drug-likeness (QED) is 0.463. The van der Waals surface area contributed by atoms with Crippen molar-refractivity contribution in [2.75, 3.05) is 5.32 Å². The van der Waals surface area contributed by atoms with Crippen molar-refractivity contribution in [2.45, 2.75) is 84.2 Å². The Morgan fingerprint density at radius 3 is 2.26 bits per heavy atom. The minimum absolute atomic E-state index is 0.00663. The van der Waals surface area contributed by atoms with E-state index < -0.39 is 5.97 Å². The van der Waals surface area contributed by atoms with Gasteiger partial charge in [-0.3, -0.25) is 9.59 Å². The number of carbonyl (C=O) groups is 2. The monoisotopic (exact) mass is 485 g/mol. The highest BCUT2D eigenvalue weighted by Crippen LogP contribution is 2.39. The Morgan fingerprint density at radius 1 is 1.00 bits per heavy atom. The van der Waals surface area contributed by atoms with Crippen LogP contribution < -0.4 is 10.6 Å². The van der Waals surface area contributed by atoms with Gasteiger partial charge < -0.3 is 15.7 Å². The second-order valence-corrected chi connectivity index (χ2v) is 11.5. The molecule has 0 saturated heterocycles. The fourth-order valence-corrected chi connectivity index (χ4v) is 5.74. The van der Waals surface area contributed by atoms with Crippen LogP contribution in [0.2, 0.25) is 5.02 Å². The molecule has 0 atom stereocenters. The molecule has 0 spiro atoms. The predicted molar refractivity (Wildman–Crippen MR) is 136 cm³/mol. The highest BCUT2D eigenvalue weighted by molar-refractivity contribution is 6.38. The Balaban J connectivity index is 1.42. The lowest BCUT2D eigenvalue weighted by Gasteiger charge is -2.37.